The monoisotopic (exact) mass is 199 g/mol. The molecular weight excluding hydrogens is 178 g/mol. The average molecular weight is 199 g/mol. The standard InChI is InChI=1S/C11H21NO2/c1-8(4-7-11(13)14)12(3)9(2)10-5-6-10/h8-10H,4-7H2,1-3H3,(H,13,14). The fraction of sp³-hybridized carbons (Fsp3) is 0.909. The van der Waals surface area contributed by atoms with Crippen molar-refractivity contribution in [2.24, 2.45) is 5.92 Å². The molecule has 82 valence electrons. The van der Waals surface area contributed by atoms with E-state index >= 15 is 0 Å². The molecule has 1 saturated carbocycles. The first-order valence-electron chi connectivity index (χ1n) is 5.46. The van der Waals surface area contributed by atoms with Crippen molar-refractivity contribution in [2.75, 3.05) is 7.05 Å². The largest absolute Gasteiger partial charge is 0.481 e. The molecule has 2 unspecified atom stereocenters. The highest BCUT2D eigenvalue weighted by molar-refractivity contribution is 5.66. The summed E-state index contributed by atoms with van der Waals surface area (Å²) < 4.78 is 0. The number of hydrogen-bond donors (Lipinski definition) is 1. The molecule has 0 spiro atoms. The molecule has 14 heavy (non-hydrogen) atoms. The van der Waals surface area contributed by atoms with Gasteiger partial charge in [-0.15, -0.1) is 0 Å². The molecule has 1 aliphatic carbocycles. The third-order valence-corrected chi connectivity index (χ3v) is 3.42. The summed E-state index contributed by atoms with van der Waals surface area (Å²) in [5.41, 5.74) is 0. The molecule has 1 N–H and O–H groups in total. The number of hydrogen-bond acceptors (Lipinski definition) is 2. The Hall–Kier alpha value is -0.570. The van der Waals surface area contributed by atoms with Crippen LogP contribution in [0.4, 0.5) is 0 Å². The van der Waals surface area contributed by atoms with Crippen LogP contribution < -0.4 is 0 Å². The summed E-state index contributed by atoms with van der Waals surface area (Å²) in [5.74, 6) is 0.164. The predicted octanol–water partition coefficient (Wildman–Crippen LogP) is 1.97. The van der Waals surface area contributed by atoms with Gasteiger partial charge in [0, 0.05) is 18.5 Å². The fourth-order valence-electron chi connectivity index (χ4n) is 1.85. The van der Waals surface area contributed by atoms with E-state index in [0.717, 1.165) is 12.3 Å². The summed E-state index contributed by atoms with van der Waals surface area (Å²) in [7, 11) is 2.11. The van der Waals surface area contributed by atoms with Crippen LogP contribution in [-0.2, 0) is 4.79 Å². The van der Waals surface area contributed by atoms with Crippen LogP contribution in [-0.4, -0.2) is 35.1 Å². The topological polar surface area (TPSA) is 40.5 Å². The first-order valence-corrected chi connectivity index (χ1v) is 5.46. The van der Waals surface area contributed by atoms with Gasteiger partial charge in [-0.25, -0.2) is 0 Å². The van der Waals surface area contributed by atoms with Crippen LogP contribution >= 0.6 is 0 Å². The highest BCUT2D eigenvalue weighted by atomic mass is 16.4. The van der Waals surface area contributed by atoms with Gasteiger partial charge in [0.1, 0.15) is 0 Å². The third kappa shape index (κ3) is 3.29. The van der Waals surface area contributed by atoms with Crippen LogP contribution in [0.2, 0.25) is 0 Å². The van der Waals surface area contributed by atoms with Gasteiger partial charge in [0.2, 0.25) is 0 Å². The minimum Gasteiger partial charge on any atom is -0.481 e. The zero-order valence-electron chi connectivity index (χ0n) is 9.36. The quantitative estimate of drug-likeness (QED) is 0.711. The van der Waals surface area contributed by atoms with E-state index in [1.807, 2.05) is 0 Å². The van der Waals surface area contributed by atoms with Gasteiger partial charge in [-0.2, -0.15) is 0 Å². The smallest absolute Gasteiger partial charge is 0.303 e. The molecule has 0 aromatic heterocycles. The van der Waals surface area contributed by atoms with Crippen LogP contribution in [0.1, 0.15) is 39.5 Å². The number of carboxylic acids is 1. The van der Waals surface area contributed by atoms with Gasteiger partial charge >= 0.3 is 5.97 Å². The number of carboxylic acid groups (broad SMARTS) is 1. The summed E-state index contributed by atoms with van der Waals surface area (Å²) in [6.07, 6.45) is 3.72. The molecule has 0 bridgehead atoms. The van der Waals surface area contributed by atoms with Crippen molar-refractivity contribution in [1.29, 1.82) is 0 Å². The molecule has 1 fully saturated rings. The highest BCUT2D eigenvalue weighted by Crippen LogP contribution is 2.35. The second-order valence-corrected chi connectivity index (χ2v) is 4.52. The lowest BCUT2D eigenvalue weighted by atomic mass is 10.1. The number of rotatable bonds is 6. The van der Waals surface area contributed by atoms with Crippen molar-refractivity contribution in [3.63, 3.8) is 0 Å². The van der Waals surface area contributed by atoms with Gasteiger partial charge in [-0.05, 0) is 46.1 Å². The van der Waals surface area contributed by atoms with E-state index in [0.29, 0.717) is 12.1 Å². The van der Waals surface area contributed by atoms with E-state index in [1.54, 1.807) is 0 Å². The Morgan fingerprint density at radius 2 is 2.07 bits per heavy atom. The van der Waals surface area contributed by atoms with Gasteiger partial charge in [-0.1, -0.05) is 0 Å². The predicted molar refractivity (Wildman–Crippen MR) is 56.3 cm³/mol. The lowest BCUT2D eigenvalue weighted by molar-refractivity contribution is -0.137. The zero-order valence-corrected chi connectivity index (χ0v) is 9.36. The molecule has 0 saturated heterocycles. The Morgan fingerprint density at radius 3 is 2.50 bits per heavy atom. The van der Waals surface area contributed by atoms with E-state index in [9.17, 15) is 4.79 Å². The molecule has 3 nitrogen and oxygen atoms in total. The number of aliphatic carboxylic acids is 1. The van der Waals surface area contributed by atoms with Crippen molar-refractivity contribution < 1.29 is 9.90 Å². The summed E-state index contributed by atoms with van der Waals surface area (Å²) in [6.45, 7) is 4.36. The highest BCUT2D eigenvalue weighted by Gasteiger charge is 2.31. The normalized spacial score (nSPS) is 20.9. The minimum absolute atomic E-state index is 0.281. The summed E-state index contributed by atoms with van der Waals surface area (Å²) in [4.78, 5) is 12.7. The van der Waals surface area contributed by atoms with Crippen LogP contribution in [0.5, 0.6) is 0 Å². The number of nitrogens with zero attached hydrogens (tertiary/aromatic N) is 1. The van der Waals surface area contributed by atoms with Gasteiger partial charge in [0.05, 0.1) is 0 Å². The van der Waals surface area contributed by atoms with E-state index in [4.69, 9.17) is 5.11 Å². The van der Waals surface area contributed by atoms with Crippen LogP contribution in [0.25, 0.3) is 0 Å². The molecule has 0 amide bonds. The molecule has 0 aromatic carbocycles. The SMILES string of the molecule is CC(CCC(=O)O)N(C)C(C)C1CC1. The van der Waals surface area contributed by atoms with Crippen LogP contribution in [0, 0.1) is 5.92 Å². The fourth-order valence-corrected chi connectivity index (χ4v) is 1.85. The molecule has 1 rings (SSSR count). The van der Waals surface area contributed by atoms with Crippen molar-refractivity contribution in [3.05, 3.63) is 0 Å². The molecule has 2 atom stereocenters. The summed E-state index contributed by atoms with van der Waals surface area (Å²) >= 11 is 0. The zero-order chi connectivity index (χ0) is 10.7. The van der Waals surface area contributed by atoms with E-state index in [2.05, 4.69) is 25.8 Å². The Bertz CT molecular complexity index is 201. The van der Waals surface area contributed by atoms with Gasteiger partial charge in [0.25, 0.3) is 0 Å². The van der Waals surface area contributed by atoms with E-state index in [1.165, 1.54) is 12.8 Å². The Morgan fingerprint density at radius 1 is 1.50 bits per heavy atom. The summed E-state index contributed by atoms with van der Waals surface area (Å²) in [6, 6.07) is 0.987. The lowest BCUT2D eigenvalue weighted by Gasteiger charge is -2.30. The van der Waals surface area contributed by atoms with Crippen molar-refractivity contribution in [1.82, 2.24) is 4.90 Å². The van der Waals surface area contributed by atoms with Crippen molar-refractivity contribution >= 4 is 5.97 Å². The maximum absolute atomic E-state index is 10.4. The van der Waals surface area contributed by atoms with Crippen LogP contribution in [0.15, 0.2) is 0 Å². The van der Waals surface area contributed by atoms with Crippen molar-refractivity contribution in [3.8, 4) is 0 Å². The molecule has 1 aliphatic rings. The second kappa shape index (κ2) is 4.78. The maximum atomic E-state index is 10.4. The van der Waals surface area contributed by atoms with Crippen molar-refractivity contribution in [2.45, 2.75) is 51.6 Å². The van der Waals surface area contributed by atoms with Crippen LogP contribution in [0.3, 0.4) is 0 Å². The first kappa shape index (κ1) is 11.5. The molecule has 0 aromatic rings. The Labute approximate surface area is 86.1 Å². The molecule has 3 heteroatoms. The van der Waals surface area contributed by atoms with E-state index < -0.39 is 5.97 Å². The third-order valence-electron chi connectivity index (χ3n) is 3.42. The van der Waals surface area contributed by atoms with Gasteiger partial charge < -0.3 is 10.0 Å². The lowest BCUT2D eigenvalue weighted by Crippen LogP contribution is -2.38. The molecular formula is C11H21NO2. The molecule has 0 aliphatic heterocycles. The minimum atomic E-state index is -0.690. The molecule has 0 heterocycles. The Kier molecular flexibility index (Phi) is 3.93. The summed E-state index contributed by atoms with van der Waals surface area (Å²) in [5, 5.41) is 8.59. The second-order valence-electron chi connectivity index (χ2n) is 4.52. The Balaban J connectivity index is 2.27. The van der Waals surface area contributed by atoms with Gasteiger partial charge in [0.15, 0.2) is 0 Å². The average Bonchev–Trinajstić information content (AvgIpc) is 2.94. The first-order chi connectivity index (χ1) is 6.52. The van der Waals surface area contributed by atoms with E-state index in [-0.39, 0.29) is 6.42 Å². The number of carbonyl (C=O) groups is 1. The maximum Gasteiger partial charge on any atom is 0.303 e. The molecule has 0 radical (unpaired) electrons. The van der Waals surface area contributed by atoms with Gasteiger partial charge in [-0.3, -0.25) is 4.79 Å².